The summed E-state index contributed by atoms with van der Waals surface area (Å²) < 4.78 is 53.4. The molecule has 1 saturated heterocycles. The van der Waals surface area contributed by atoms with E-state index in [-0.39, 0.29) is 29.5 Å². The van der Waals surface area contributed by atoms with Gasteiger partial charge in [-0.15, -0.1) is 0 Å². The minimum atomic E-state index is -4.66. The molecule has 1 unspecified atom stereocenters. The fraction of sp³-hybridized carbons (Fsp3) is 0.364. The van der Waals surface area contributed by atoms with Gasteiger partial charge < -0.3 is 5.32 Å². The van der Waals surface area contributed by atoms with Crippen molar-refractivity contribution in [2.75, 3.05) is 13.1 Å². The number of amides is 1. The third kappa shape index (κ3) is 4.54. The van der Waals surface area contributed by atoms with Crippen molar-refractivity contribution in [3.8, 4) is 0 Å². The average Bonchev–Trinajstić information content (AvgIpc) is 3.28. The summed E-state index contributed by atoms with van der Waals surface area (Å²) in [7, 11) is 0. The minimum absolute atomic E-state index is 0.0466. The lowest BCUT2D eigenvalue weighted by atomic mass is 9.59. The van der Waals surface area contributed by atoms with Crippen LogP contribution in [-0.4, -0.2) is 29.9 Å². The van der Waals surface area contributed by atoms with E-state index in [1.54, 1.807) is 0 Å². The first kappa shape index (κ1) is 26.8. The molecule has 3 aromatic rings. The summed E-state index contributed by atoms with van der Waals surface area (Å²) in [5.41, 5.74) is 1.89. The van der Waals surface area contributed by atoms with E-state index >= 15 is 0 Å². The Morgan fingerprint density at radius 1 is 1.02 bits per heavy atom. The van der Waals surface area contributed by atoms with E-state index in [2.05, 4.69) is 53.6 Å². The van der Waals surface area contributed by atoms with Gasteiger partial charge in [0.2, 0.25) is 5.91 Å². The summed E-state index contributed by atoms with van der Waals surface area (Å²) in [6.45, 7) is 4.00. The number of likely N-dealkylation sites (tertiary alicyclic amines) is 1. The first-order valence-electron chi connectivity index (χ1n) is 13.8. The first-order chi connectivity index (χ1) is 19.1. The molecule has 2 aliphatic carbocycles. The van der Waals surface area contributed by atoms with Gasteiger partial charge in [-0.2, -0.15) is 13.2 Å². The van der Waals surface area contributed by atoms with E-state index in [1.165, 1.54) is 11.1 Å². The molecule has 1 spiro atoms. The fourth-order valence-electron chi connectivity index (χ4n) is 7.13. The average molecular weight is 549 g/mol. The maximum Gasteiger partial charge on any atom is 0.416 e. The van der Waals surface area contributed by atoms with Gasteiger partial charge in [-0.25, -0.2) is 4.39 Å². The van der Waals surface area contributed by atoms with Crippen LogP contribution < -0.4 is 5.32 Å². The SMILES string of the molecule is C[C@H]1CN(C2CC(C(=O)NCc3cc(F)cc(C(F)(F)F)c3)(c3ccccc3)C2)CCC12C=Cc1ccccc12. The van der Waals surface area contributed by atoms with Crippen molar-refractivity contribution in [2.24, 2.45) is 5.92 Å². The number of carbonyl (C=O) groups is 1. The van der Waals surface area contributed by atoms with E-state index < -0.39 is 23.0 Å². The van der Waals surface area contributed by atoms with Gasteiger partial charge in [-0.3, -0.25) is 9.69 Å². The number of rotatable bonds is 5. The zero-order chi connectivity index (χ0) is 28.1. The largest absolute Gasteiger partial charge is 0.416 e. The monoisotopic (exact) mass is 548 g/mol. The number of fused-ring (bicyclic) bond motifs is 2. The van der Waals surface area contributed by atoms with Crippen LogP contribution in [0.3, 0.4) is 0 Å². The zero-order valence-electron chi connectivity index (χ0n) is 22.3. The van der Waals surface area contributed by atoms with E-state index in [0.29, 0.717) is 24.8 Å². The van der Waals surface area contributed by atoms with Crippen LogP contribution in [0.4, 0.5) is 17.6 Å². The minimum Gasteiger partial charge on any atom is -0.351 e. The Morgan fingerprint density at radius 2 is 1.75 bits per heavy atom. The molecule has 3 aromatic carbocycles. The maximum atomic E-state index is 13.9. The molecule has 0 bridgehead atoms. The lowest BCUT2D eigenvalue weighted by Crippen LogP contribution is -2.62. The highest BCUT2D eigenvalue weighted by atomic mass is 19.4. The molecule has 3 nitrogen and oxygen atoms in total. The van der Waals surface area contributed by atoms with Crippen LogP contribution in [0.5, 0.6) is 0 Å². The maximum absolute atomic E-state index is 13.9. The lowest BCUT2D eigenvalue weighted by Gasteiger charge is -2.55. The van der Waals surface area contributed by atoms with Crippen LogP contribution in [0.15, 0.2) is 78.9 Å². The Kier molecular flexibility index (Phi) is 6.61. The molecule has 1 N–H and O–H groups in total. The number of allylic oxidation sites excluding steroid dienone is 1. The van der Waals surface area contributed by atoms with Crippen molar-refractivity contribution >= 4 is 12.0 Å². The molecular formula is C33H32F4N2O. The molecule has 1 aliphatic heterocycles. The summed E-state index contributed by atoms with van der Waals surface area (Å²) in [4.78, 5) is 16.2. The number of hydrogen-bond acceptors (Lipinski definition) is 2. The predicted octanol–water partition coefficient (Wildman–Crippen LogP) is 6.87. The molecule has 6 rings (SSSR count). The van der Waals surface area contributed by atoms with Crippen LogP contribution in [0.1, 0.15) is 54.0 Å². The number of benzene rings is 3. The second-order valence-corrected chi connectivity index (χ2v) is 11.6. The second-order valence-electron chi connectivity index (χ2n) is 11.6. The second kappa shape index (κ2) is 9.88. The molecule has 7 heteroatoms. The molecular weight excluding hydrogens is 516 g/mol. The summed E-state index contributed by atoms with van der Waals surface area (Å²) in [5, 5.41) is 2.83. The van der Waals surface area contributed by atoms with Gasteiger partial charge in [0.25, 0.3) is 0 Å². The summed E-state index contributed by atoms with van der Waals surface area (Å²) in [6, 6.07) is 20.8. The molecule has 1 amide bonds. The molecule has 2 fully saturated rings. The molecule has 0 radical (unpaired) electrons. The van der Waals surface area contributed by atoms with Crippen LogP contribution in [0.25, 0.3) is 6.08 Å². The molecule has 0 aromatic heterocycles. The number of piperidine rings is 1. The third-order valence-electron chi connectivity index (χ3n) is 9.41. The van der Waals surface area contributed by atoms with E-state index in [9.17, 15) is 22.4 Å². The summed E-state index contributed by atoms with van der Waals surface area (Å²) >= 11 is 0. The highest BCUT2D eigenvalue weighted by Gasteiger charge is 2.54. The number of nitrogens with zero attached hydrogens (tertiary/aromatic N) is 1. The highest BCUT2D eigenvalue weighted by molar-refractivity contribution is 5.89. The van der Waals surface area contributed by atoms with Crippen molar-refractivity contribution in [1.82, 2.24) is 10.2 Å². The molecule has 1 saturated carbocycles. The predicted molar refractivity (Wildman–Crippen MR) is 147 cm³/mol. The Balaban J connectivity index is 1.17. The van der Waals surface area contributed by atoms with Crippen molar-refractivity contribution in [3.05, 3.63) is 113 Å². The zero-order valence-corrected chi connectivity index (χ0v) is 22.3. The number of alkyl halides is 3. The first-order valence-corrected chi connectivity index (χ1v) is 13.8. The van der Waals surface area contributed by atoms with Crippen molar-refractivity contribution in [2.45, 2.75) is 55.8 Å². The highest BCUT2D eigenvalue weighted by Crippen LogP contribution is 2.51. The molecule has 208 valence electrons. The van der Waals surface area contributed by atoms with Crippen LogP contribution in [0.2, 0.25) is 0 Å². The van der Waals surface area contributed by atoms with Crippen LogP contribution >= 0.6 is 0 Å². The number of carbonyl (C=O) groups excluding carboxylic acids is 1. The Labute approximate surface area is 231 Å². The van der Waals surface area contributed by atoms with Gasteiger partial charge >= 0.3 is 6.18 Å². The van der Waals surface area contributed by atoms with Crippen molar-refractivity contribution in [3.63, 3.8) is 0 Å². The van der Waals surface area contributed by atoms with Crippen molar-refractivity contribution in [1.29, 1.82) is 0 Å². The number of nitrogens with one attached hydrogen (secondary N) is 1. The third-order valence-corrected chi connectivity index (χ3v) is 9.41. The van der Waals surface area contributed by atoms with Crippen LogP contribution in [0, 0.1) is 11.7 Å². The normalized spacial score (nSPS) is 27.8. The Hall–Kier alpha value is -3.45. The molecule has 3 aliphatic rings. The smallest absolute Gasteiger partial charge is 0.351 e. The number of halogens is 4. The standard InChI is InChI=1S/C33H32F4N2O/c1-22-21-39(14-13-31(22)12-11-24-7-5-6-10-29(24)31)28-18-32(19-28,25-8-3-2-4-9-25)30(40)38-20-23-15-26(33(35,36)37)17-27(34)16-23/h2-12,15-17,22,28H,13-14,18-21H2,1H3,(H,38,40)/t22-,28?,31?,32?/m0/s1. The quantitative estimate of drug-likeness (QED) is 0.353. The van der Waals surface area contributed by atoms with Crippen molar-refractivity contribution < 1.29 is 22.4 Å². The topological polar surface area (TPSA) is 32.3 Å². The Bertz CT molecular complexity index is 1440. The van der Waals surface area contributed by atoms with E-state index in [1.807, 2.05) is 30.3 Å². The fourth-order valence-corrected chi connectivity index (χ4v) is 7.13. The van der Waals surface area contributed by atoms with Gasteiger partial charge in [0.05, 0.1) is 11.0 Å². The molecule has 2 atom stereocenters. The summed E-state index contributed by atoms with van der Waals surface area (Å²) in [6.07, 6.45) is 2.24. The van der Waals surface area contributed by atoms with E-state index in [4.69, 9.17) is 0 Å². The van der Waals surface area contributed by atoms with Gasteiger partial charge in [-0.1, -0.05) is 73.7 Å². The van der Waals surface area contributed by atoms with Gasteiger partial charge in [-0.05, 0) is 72.2 Å². The molecule has 40 heavy (non-hydrogen) atoms. The summed E-state index contributed by atoms with van der Waals surface area (Å²) in [5.74, 6) is -0.795. The van der Waals surface area contributed by atoms with Crippen LogP contribution in [-0.2, 0) is 28.3 Å². The molecule has 1 heterocycles. The van der Waals surface area contributed by atoms with E-state index in [0.717, 1.165) is 37.2 Å². The Morgan fingerprint density at radius 3 is 2.48 bits per heavy atom. The van der Waals surface area contributed by atoms with Gasteiger partial charge in [0.1, 0.15) is 5.82 Å². The number of hydrogen-bond donors (Lipinski definition) is 1. The lowest BCUT2D eigenvalue weighted by molar-refractivity contribution is -0.137. The van der Waals surface area contributed by atoms with Gasteiger partial charge in [0, 0.05) is 24.5 Å². The van der Waals surface area contributed by atoms with Gasteiger partial charge in [0.15, 0.2) is 0 Å².